The molecule has 4 N–H and O–H groups in total. The first-order valence-electron chi connectivity index (χ1n) is 6.55. The van der Waals surface area contributed by atoms with E-state index in [1.165, 1.54) is 0 Å². The monoisotopic (exact) mass is 271 g/mol. The first-order chi connectivity index (χ1) is 9.69. The van der Waals surface area contributed by atoms with Gasteiger partial charge in [0.2, 0.25) is 5.91 Å². The van der Waals surface area contributed by atoms with E-state index in [1.54, 1.807) is 24.3 Å². The Kier molecular flexibility index (Phi) is 4.75. The van der Waals surface area contributed by atoms with E-state index < -0.39 is 0 Å². The number of hydrogen-bond donors (Lipinski definition) is 3. The Morgan fingerprint density at radius 1 is 1.35 bits per heavy atom. The summed E-state index contributed by atoms with van der Waals surface area (Å²) in [5.41, 5.74) is 6.51. The summed E-state index contributed by atoms with van der Waals surface area (Å²) in [5, 5.41) is 5.40. The topological polar surface area (TPSA) is 84.2 Å². The number of nitrogens with two attached hydrogens (primary N) is 1. The zero-order valence-electron chi connectivity index (χ0n) is 11.1. The smallest absolute Gasteiger partial charge is 0.251 e. The number of rotatable bonds is 4. The molecule has 0 heterocycles. The van der Waals surface area contributed by atoms with Gasteiger partial charge in [0.25, 0.3) is 5.91 Å². The van der Waals surface area contributed by atoms with Crippen molar-refractivity contribution in [2.45, 2.75) is 18.9 Å². The molecule has 0 spiro atoms. The normalized spacial score (nSPS) is 13.1. The van der Waals surface area contributed by atoms with Gasteiger partial charge in [0, 0.05) is 17.2 Å². The Bertz CT molecular complexity index is 568. The standard InChI is InChI=1S/C15H17N3O2/c16-8-2-4-11-3-1-5-12(9-11)15(20)17-10-14(19)18-13-6-7-13/h1,3,5,9,13H,6-8,10,16H2,(H,17,20)(H,18,19). The summed E-state index contributed by atoms with van der Waals surface area (Å²) in [6, 6.07) is 7.21. The summed E-state index contributed by atoms with van der Waals surface area (Å²) < 4.78 is 0. The molecule has 1 aliphatic rings. The molecule has 0 atom stereocenters. The third-order valence-corrected chi connectivity index (χ3v) is 2.81. The van der Waals surface area contributed by atoms with E-state index in [0.717, 1.165) is 18.4 Å². The lowest BCUT2D eigenvalue weighted by molar-refractivity contribution is -0.120. The lowest BCUT2D eigenvalue weighted by Gasteiger charge is -2.06. The minimum atomic E-state index is -0.285. The molecule has 0 saturated heterocycles. The van der Waals surface area contributed by atoms with Gasteiger partial charge in [0.1, 0.15) is 0 Å². The minimum Gasteiger partial charge on any atom is -0.352 e. The van der Waals surface area contributed by atoms with E-state index in [0.29, 0.717) is 11.6 Å². The van der Waals surface area contributed by atoms with Gasteiger partial charge in [-0.1, -0.05) is 17.9 Å². The van der Waals surface area contributed by atoms with Gasteiger partial charge in [-0.05, 0) is 31.0 Å². The summed E-state index contributed by atoms with van der Waals surface area (Å²) >= 11 is 0. The second-order valence-corrected chi connectivity index (χ2v) is 4.61. The molecule has 0 aromatic heterocycles. The van der Waals surface area contributed by atoms with E-state index in [2.05, 4.69) is 22.5 Å². The highest BCUT2D eigenvalue weighted by Gasteiger charge is 2.23. The van der Waals surface area contributed by atoms with Gasteiger partial charge in [0.15, 0.2) is 0 Å². The van der Waals surface area contributed by atoms with Gasteiger partial charge in [0.05, 0.1) is 13.1 Å². The average Bonchev–Trinajstić information content (AvgIpc) is 3.26. The summed E-state index contributed by atoms with van der Waals surface area (Å²) in [7, 11) is 0. The molecule has 1 aromatic carbocycles. The van der Waals surface area contributed by atoms with Gasteiger partial charge in [-0.25, -0.2) is 0 Å². The van der Waals surface area contributed by atoms with Crippen LogP contribution in [0, 0.1) is 11.8 Å². The molecule has 20 heavy (non-hydrogen) atoms. The number of hydrogen-bond acceptors (Lipinski definition) is 3. The van der Waals surface area contributed by atoms with Crippen LogP contribution < -0.4 is 16.4 Å². The van der Waals surface area contributed by atoms with Crippen molar-refractivity contribution in [3.63, 3.8) is 0 Å². The fraction of sp³-hybridized carbons (Fsp3) is 0.333. The maximum absolute atomic E-state index is 11.9. The fourth-order valence-electron chi connectivity index (χ4n) is 1.66. The molecule has 5 nitrogen and oxygen atoms in total. The van der Waals surface area contributed by atoms with E-state index in [4.69, 9.17) is 5.73 Å². The van der Waals surface area contributed by atoms with Gasteiger partial charge in [-0.2, -0.15) is 0 Å². The van der Waals surface area contributed by atoms with Crippen molar-refractivity contribution in [2.75, 3.05) is 13.1 Å². The first kappa shape index (κ1) is 14.1. The largest absolute Gasteiger partial charge is 0.352 e. The molecule has 0 aliphatic heterocycles. The summed E-state index contributed by atoms with van der Waals surface area (Å²) in [5.74, 6) is 5.16. The highest BCUT2D eigenvalue weighted by molar-refractivity contribution is 5.96. The third kappa shape index (κ3) is 4.41. The van der Waals surface area contributed by atoms with E-state index in [1.807, 2.05) is 0 Å². The Labute approximate surface area is 117 Å². The molecule has 0 radical (unpaired) electrons. The SMILES string of the molecule is NCC#Cc1cccc(C(=O)NCC(=O)NC2CC2)c1. The molecule has 5 heteroatoms. The molecule has 1 aromatic rings. The van der Waals surface area contributed by atoms with Crippen molar-refractivity contribution in [2.24, 2.45) is 5.73 Å². The highest BCUT2D eigenvalue weighted by Crippen LogP contribution is 2.18. The van der Waals surface area contributed by atoms with E-state index in [9.17, 15) is 9.59 Å². The van der Waals surface area contributed by atoms with E-state index >= 15 is 0 Å². The molecule has 2 rings (SSSR count). The van der Waals surface area contributed by atoms with Gasteiger partial charge in [-0.15, -0.1) is 0 Å². The van der Waals surface area contributed by atoms with Crippen LogP contribution in [0.3, 0.4) is 0 Å². The Morgan fingerprint density at radius 2 is 2.15 bits per heavy atom. The fourth-order valence-corrected chi connectivity index (χ4v) is 1.66. The third-order valence-electron chi connectivity index (χ3n) is 2.81. The lowest BCUT2D eigenvalue weighted by Crippen LogP contribution is -2.37. The quantitative estimate of drug-likeness (QED) is 0.674. The van der Waals surface area contributed by atoms with Crippen LogP contribution in [0.4, 0.5) is 0 Å². The Morgan fingerprint density at radius 3 is 2.85 bits per heavy atom. The van der Waals surface area contributed by atoms with Gasteiger partial charge < -0.3 is 16.4 Å². The molecule has 1 fully saturated rings. The number of carbonyl (C=O) groups is 2. The van der Waals surface area contributed by atoms with Crippen molar-refractivity contribution in [1.29, 1.82) is 0 Å². The number of amides is 2. The highest BCUT2D eigenvalue weighted by atomic mass is 16.2. The summed E-state index contributed by atoms with van der Waals surface area (Å²) in [6.07, 6.45) is 2.06. The van der Waals surface area contributed by atoms with Crippen molar-refractivity contribution in [1.82, 2.24) is 10.6 Å². The van der Waals surface area contributed by atoms with Crippen molar-refractivity contribution in [3.8, 4) is 11.8 Å². The van der Waals surface area contributed by atoms with Crippen LogP contribution in [0.15, 0.2) is 24.3 Å². The van der Waals surface area contributed by atoms with Gasteiger partial charge in [-0.3, -0.25) is 9.59 Å². The molecule has 0 bridgehead atoms. The van der Waals surface area contributed by atoms with Crippen LogP contribution in [-0.4, -0.2) is 30.9 Å². The molecule has 0 unspecified atom stereocenters. The predicted octanol–water partition coefficient (Wildman–Crippen LogP) is 0.00520. The predicted molar refractivity (Wildman–Crippen MR) is 75.9 cm³/mol. The second-order valence-electron chi connectivity index (χ2n) is 4.61. The van der Waals surface area contributed by atoms with Crippen LogP contribution in [0.2, 0.25) is 0 Å². The van der Waals surface area contributed by atoms with Crippen molar-refractivity contribution >= 4 is 11.8 Å². The minimum absolute atomic E-state index is 0.00591. The van der Waals surface area contributed by atoms with Gasteiger partial charge >= 0.3 is 0 Å². The maximum atomic E-state index is 11.9. The summed E-state index contributed by atoms with van der Waals surface area (Å²) in [4.78, 5) is 23.4. The number of nitrogens with one attached hydrogen (secondary N) is 2. The van der Waals surface area contributed by atoms with Crippen molar-refractivity contribution < 1.29 is 9.59 Å². The van der Waals surface area contributed by atoms with E-state index in [-0.39, 0.29) is 24.9 Å². The van der Waals surface area contributed by atoms with Crippen LogP contribution in [0.25, 0.3) is 0 Å². The molecular formula is C15H17N3O2. The second kappa shape index (κ2) is 6.73. The van der Waals surface area contributed by atoms with Crippen molar-refractivity contribution in [3.05, 3.63) is 35.4 Å². The molecule has 1 saturated carbocycles. The zero-order valence-corrected chi connectivity index (χ0v) is 11.1. The lowest BCUT2D eigenvalue weighted by atomic mass is 10.1. The zero-order chi connectivity index (χ0) is 14.4. The number of benzene rings is 1. The molecular weight excluding hydrogens is 254 g/mol. The maximum Gasteiger partial charge on any atom is 0.251 e. The molecule has 2 amide bonds. The first-order valence-corrected chi connectivity index (χ1v) is 6.55. The number of carbonyl (C=O) groups excluding carboxylic acids is 2. The Hall–Kier alpha value is -2.32. The summed E-state index contributed by atoms with van der Waals surface area (Å²) in [6.45, 7) is 0.270. The van der Waals surface area contributed by atoms with Crippen LogP contribution in [0.1, 0.15) is 28.8 Å². The molecule has 1 aliphatic carbocycles. The Balaban J connectivity index is 1.89. The van der Waals surface area contributed by atoms with Crippen LogP contribution >= 0.6 is 0 Å². The van der Waals surface area contributed by atoms with Crippen LogP contribution in [0.5, 0.6) is 0 Å². The van der Waals surface area contributed by atoms with Crippen LogP contribution in [-0.2, 0) is 4.79 Å². The average molecular weight is 271 g/mol. The molecule has 104 valence electrons.